The second-order valence-corrected chi connectivity index (χ2v) is 6.14. The Balaban J connectivity index is 1.76. The van der Waals surface area contributed by atoms with E-state index in [1.54, 1.807) is 24.3 Å². The van der Waals surface area contributed by atoms with E-state index < -0.39 is 12.7 Å². The van der Waals surface area contributed by atoms with Gasteiger partial charge < -0.3 is 5.32 Å². The molecule has 2 rings (SSSR count). The fraction of sp³-hybridized carbons (Fsp3) is 0.500. The number of likely N-dealkylation sites (tertiary alicyclic amines) is 1. The first-order valence-corrected chi connectivity index (χ1v) is 7.45. The predicted octanol–water partition coefficient (Wildman–Crippen LogP) is 3.06. The van der Waals surface area contributed by atoms with Crippen molar-refractivity contribution in [1.82, 2.24) is 10.2 Å². The highest BCUT2D eigenvalue weighted by Gasteiger charge is 2.34. The zero-order valence-electron chi connectivity index (χ0n) is 11.3. The van der Waals surface area contributed by atoms with Crippen LogP contribution in [0.1, 0.15) is 16.8 Å². The molecule has 1 saturated heterocycles. The molecule has 1 amide bonds. The molecule has 0 spiro atoms. The third-order valence-corrected chi connectivity index (χ3v) is 3.96. The molecule has 7 heteroatoms. The number of carbonyl (C=O) groups is 1. The van der Waals surface area contributed by atoms with Gasteiger partial charge in [-0.25, -0.2) is 0 Å². The van der Waals surface area contributed by atoms with E-state index in [9.17, 15) is 18.0 Å². The van der Waals surface area contributed by atoms with Crippen LogP contribution in [0, 0.1) is 5.92 Å². The van der Waals surface area contributed by atoms with Crippen LogP contribution in [-0.4, -0.2) is 43.2 Å². The molecule has 1 fully saturated rings. The van der Waals surface area contributed by atoms with Crippen molar-refractivity contribution in [3.05, 3.63) is 34.3 Å². The number of hydrogen-bond acceptors (Lipinski definition) is 2. The molecular formula is C14H16BrF3N2O. The van der Waals surface area contributed by atoms with Gasteiger partial charge >= 0.3 is 6.18 Å². The standard InChI is InChI=1S/C14H16BrF3N2O/c15-12-3-1-11(2-4-12)13(21)19-7-10-5-6-20(8-10)9-14(16,17)18/h1-4,10H,5-9H2,(H,19,21). The van der Waals surface area contributed by atoms with Gasteiger partial charge in [-0.1, -0.05) is 15.9 Å². The Morgan fingerprint density at radius 3 is 2.62 bits per heavy atom. The molecule has 116 valence electrons. The van der Waals surface area contributed by atoms with Gasteiger partial charge in [-0.05, 0) is 43.1 Å². The highest BCUT2D eigenvalue weighted by molar-refractivity contribution is 9.10. The molecule has 1 aliphatic heterocycles. The van der Waals surface area contributed by atoms with Gasteiger partial charge in [0.2, 0.25) is 0 Å². The Kier molecular flexibility index (Phi) is 5.27. The van der Waals surface area contributed by atoms with Crippen molar-refractivity contribution in [3.8, 4) is 0 Å². The number of hydrogen-bond donors (Lipinski definition) is 1. The van der Waals surface area contributed by atoms with Crippen LogP contribution in [-0.2, 0) is 0 Å². The quantitative estimate of drug-likeness (QED) is 0.890. The van der Waals surface area contributed by atoms with E-state index in [4.69, 9.17) is 0 Å². The lowest BCUT2D eigenvalue weighted by Crippen LogP contribution is -2.34. The zero-order valence-corrected chi connectivity index (χ0v) is 12.9. The molecule has 1 unspecified atom stereocenters. The normalized spacial score (nSPS) is 19.7. The Morgan fingerprint density at radius 2 is 2.00 bits per heavy atom. The summed E-state index contributed by atoms with van der Waals surface area (Å²) in [6.07, 6.45) is -3.48. The summed E-state index contributed by atoms with van der Waals surface area (Å²) in [5, 5.41) is 2.78. The second kappa shape index (κ2) is 6.79. The number of benzene rings is 1. The van der Waals surface area contributed by atoms with E-state index in [1.807, 2.05) is 0 Å². The first-order chi connectivity index (χ1) is 9.83. The van der Waals surface area contributed by atoms with Crippen molar-refractivity contribution in [2.75, 3.05) is 26.2 Å². The minimum absolute atomic E-state index is 0.0757. The molecule has 0 aromatic heterocycles. The Bertz CT molecular complexity index is 490. The molecule has 1 aliphatic rings. The Labute approximate surface area is 129 Å². The predicted molar refractivity (Wildman–Crippen MR) is 77.1 cm³/mol. The zero-order chi connectivity index (χ0) is 15.5. The minimum Gasteiger partial charge on any atom is -0.352 e. The van der Waals surface area contributed by atoms with Crippen molar-refractivity contribution in [2.45, 2.75) is 12.6 Å². The van der Waals surface area contributed by atoms with Crippen LogP contribution in [0.5, 0.6) is 0 Å². The topological polar surface area (TPSA) is 32.3 Å². The molecular weight excluding hydrogens is 349 g/mol. The first-order valence-electron chi connectivity index (χ1n) is 6.66. The van der Waals surface area contributed by atoms with Crippen LogP contribution in [0.3, 0.4) is 0 Å². The Hall–Kier alpha value is -1.08. The largest absolute Gasteiger partial charge is 0.401 e. The van der Waals surface area contributed by atoms with E-state index >= 15 is 0 Å². The lowest BCUT2D eigenvalue weighted by atomic mass is 10.1. The third-order valence-electron chi connectivity index (χ3n) is 3.43. The van der Waals surface area contributed by atoms with Gasteiger partial charge in [0.15, 0.2) is 0 Å². The Morgan fingerprint density at radius 1 is 1.33 bits per heavy atom. The lowest BCUT2D eigenvalue weighted by Gasteiger charge is -2.18. The number of nitrogens with zero attached hydrogens (tertiary/aromatic N) is 1. The molecule has 3 nitrogen and oxygen atoms in total. The summed E-state index contributed by atoms with van der Waals surface area (Å²) in [5.41, 5.74) is 0.545. The highest BCUT2D eigenvalue weighted by Crippen LogP contribution is 2.22. The summed E-state index contributed by atoms with van der Waals surface area (Å²) in [6, 6.07) is 6.94. The van der Waals surface area contributed by atoms with Crippen molar-refractivity contribution < 1.29 is 18.0 Å². The fourth-order valence-electron chi connectivity index (χ4n) is 2.42. The maximum absolute atomic E-state index is 12.3. The van der Waals surface area contributed by atoms with E-state index in [1.165, 1.54) is 4.90 Å². The van der Waals surface area contributed by atoms with Gasteiger partial charge in [-0.15, -0.1) is 0 Å². The molecule has 0 saturated carbocycles. The van der Waals surface area contributed by atoms with Crippen molar-refractivity contribution >= 4 is 21.8 Å². The molecule has 0 bridgehead atoms. The summed E-state index contributed by atoms with van der Waals surface area (Å²) in [5.74, 6) is -0.122. The third kappa shape index (κ3) is 5.32. The number of halogens is 4. The van der Waals surface area contributed by atoms with Gasteiger partial charge in [0.1, 0.15) is 0 Å². The average molecular weight is 365 g/mol. The summed E-state index contributed by atoms with van der Waals surface area (Å²) >= 11 is 3.29. The number of nitrogens with one attached hydrogen (secondary N) is 1. The summed E-state index contributed by atoms with van der Waals surface area (Å²) in [6.45, 7) is 0.339. The minimum atomic E-state index is -4.16. The van der Waals surface area contributed by atoms with Gasteiger partial charge in [0.05, 0.1) is 6.54 Å². The molecule has 1 heterocycles. The maximum Gasteiger partial charge on any atom is 0.401 e. The van der Waals surface area contributed by atoms with E-state index in [0.717, 1.165) is 4.47 Å². The summed E-state index contributed by atoms with van der Waals surface area (Å²) < 4.78 is 37.7. The van der Waals surface area contributed by atoms with Crippen LogP contribution >= 0.6 is 15.9 Å². The van der Waals surface area contributed by atoms with Gasteiger partial charge in [0.25, 0.3) is 5.91 Å². The van der Waals surface area contributed by atoms with Crippen LogP contribution in [0.2, 0.25) is 0 Å². The summed E-state index contributed by atoms with van der Waals surface area (Å²) in [4.78, 5) is 13.3. The van der Waals surface area contributed by atoms with Gasteiger partial charge in [0, 0.05) is 23.1 Å². The number of carbonyl (C=O) groups excluding carboxylic acids is 1. The van der Waals surface area contributed by atoms with Gasteiger partial charge in [-0.3, -0.25) is 9.69 Å². The molecule has 1 aromatic carbocycles. The van der Waals surface area contributed by atoms with Crippen LogP contribution in [0.15, 0.2) is 28.7 Å². The fourth-order valence-corrected chi connectivity index (χ4v) is 2.68. The van der Waals surface area contributed by atoms with Crippen molar-refractivity contribution in [3.63, 3.8) is 0 Å². The molecule has 21 heavy (non-hydrogen) atoms. The number of amides is 1. The SMILES string of the molecule is O=C(NCC1CCN(CC(F)(F)F)C1)c1ccc(Br)cc1. The average Bonchev–Trinajstić information content (AvgIpc) is 2.82. The monoisotopic (exact) mass is 364 g/mol. The molecule has 0 radical (unpaired) electrons. The summed E-state index contributed by atoms with van der Waals surface area (Å²) in [7, 11) is 0. The van der Waals surface area contributed by atoms with Crippen LogP contribution in [0.4, 0.5) is 13.2 Å². The van der Waals surface area contributed by atoms with Crippen LogP contribution in [0.25, 0.3) is 0 Å². The maximum atomic E-state index is 12.3. The van der Waals surface area contributed by atoms with Crippen molar-refractivity contribution in [1.29, 1.82) is 0 Å². The van der Waals surface area contributed by atoms with Crippen molar-refractivity contribution in [2.24, 2.45) is 5.92 Å². The van der Waals surface area contributed by atoms with E-state index in [-0.39, 0.29) is 11.8 Å². The molecule has 1 N–H and O–H groups in total. The smallest absolute Gasteiger partial charge is 0.352 e. The van der Waals surface area contributed by atoms with Gasteiger partial charge in [-0.2, -0.15) is 13.2 Å². The lowest BCUT2D eigenvalue weighted by molar-refractivity contribution is -0.143. The molecule has 1 aromatic rings. The van der Waals surface area contributed by atoms with E-state index in [2.05, 4.69) is 21.2 Å². The molecule has 1 atom stereocenters. The van der Waals surface area contributed by atoms with Crippen LogP contribution < -0.4 is 5.32 Å². The second-order valence-electron chi connectivity index (χ2n) is 5.22. The molecule has 0 aliphatic carbocycles. The number of rotatable bonds is 4. The van der Waals surface area contributed by atoms with E-state index in [0.29, 0.717) is 31.6 Å². The number of alkyl halides is 3. The first kappa shape index (κ1) is 16.3. The highest BCUT2D eigenvalue weighted by atomic mass is 79.9.